The minimum Gasteiger partial charge on any atom is -0.352 e. The third-order valence-electron chi connectivity index (χ3n) is 3.14. The molecule has 0 aliphatic rings. The largest absolute Gasteiger partial charge is 0.352 e. The number of aromatic nitrogens is 1. The molecule has 24 heavy (non-hydrogen) atoms. The zero-order valence-electron chi connectivity index (χ0n) is 13.6. The van der Waals surface area contributed by atoms with Crippen molar-refractivity contribution in [2.24, 2.45) is 5.73 Å². The highest BCUT2D eigenvalue weighted by molar-refractivity contribution is 7.89. The highest BCUT2D eigenvalue weighted by Crippen LogP contribution is 2.05. The van der Waals surface area contributed by atoms with Crippen LogP contribution in [0.4, 0.5) is 0 Å². The molecule has 0 aliphatic heterocycles. The standard InChI is InChI=1S/C14H24N4O3S.2ClH/c1-2-3-5-12(10-15)18-14(19)7-9-17-22(20,21)13-6-4-8-16-11-13;;/h4,6,8,11-12,17H,2-3,5,7,9-10,15H2,1H3,(H,18,19);2*1H. The fraction of sp³-hybridized carbons (Fsp3) is 0.571. The summed E-state index contributed by atoms with van der Waals surface area (Å²) in [4.78, 5) is 15.6. The van der Waals surface area contributed by atoms with Crippen molar-refractivity contribution in [2.45, 2.75) is 43.5 Å². The molecule has 0 saturated carbocycles. The van der Waals surface area contributed by atoms with E-state index in [1.54, 1.807) is 6.07 Å². The van der Waals surface area contributed by atoms with Crippen molar-refractivity contribution in [3.63, 3.8) is 0 Å². The van der Waals surface area contributed by atoms with E-state index in [4.69, 9.17) is 5.73 Å². The van der Waals surface area contributed by atoms with Crippen LogP contribution in [-0.4, -0.2) is 38.4 Å². The normalized spacial score (nSPS) is 11.8. The van der Waals surface area contributed by atoms with Gasteiger partial charge in [0.15, 0.2) is 0 Å². The molecule has 1 unspecified atom stereocenters. The fourth-order valence-electron chi connectivity index (χ4n) is 1.89. The van der Waals surface area contributed by atoms with Gasteiger partial charge in [0.05, 0.1) is 0 Å². The predicted octanol–water partition coefficient (Wildman–Crippen LogP) is 1.23. The van der Waals surface area contributed by atoms with Gasteiger partial charge in [-0.15, -0.1) is 24.8 Å². The molecule has 10 heteroatoms. The van der Waals surface area contributed by atoms with Gasteiger partial charge in [-0.3, -0.25) is 9.78 Å². The van der Waals surface area contributed by atoms with Gasteiger partial charge in [-0.1, -0.05) is 19.8 Å². The number of amides is 1. The molecule has 0 spiro atoms. The van der Waals surface area contributed by atoms with E-state index >= 15 is 0 Å². The lowest BCUT2D eigenvalue weighted by Gasteiger charge is -2.16. The van der Waals surface area contributed by atoms with Crippen molar-refractivity contribution < 1.29 is 13.2 Å². The molecule has 1 atom stereocenters. The average molecular weight is 401 g/mol. The van der Waals surface area contributed by atoms with Gasteiger partial charge in [-0.05, 0) is 18.6 Å². The van der Waals surface area contributed by atoms with Gasteiger partial charge in [-0.2, -0.15) is 0 Å². The molecular formula is C14H26Cl2N4O3S. The second-order valence-electron chi connectivity index (χ2n) is 4.98. The number of nitrogens with zero attached hydrogens (tertiary/aromatic N) is 1. The van der Waals surface area contributed by atoms with E-state index in [-0.39, 0.29) is 54.6 Å². The van der Waals surface area contributed by atoms with Crippen LogP contribution in [0.1, 0.15) is 32.6 Å². The van der Waals surface area contributed by atoms with E-state index in [0.29, 0.717) is 6.54 Å². The van der Waals surface area contributed by atoms with Gasteiger partial charge in [0, 0.05) is 37.9 Å². The molecule has 1 amide bonds. The summed E-state index contributed by atoms with van der Waals surface area (Å²) in [6.07, 6.45) is 5.70. The summed E-state index contributed by atoms with van der Waals surface area (Å²) in [6.45, 7) is 2.49. The molecule has 0 saturated heterocycles. The average Bonchev–Trinajstić information content (AvgIpc) is 2.52. The minimum absolute atomic E-state index is 0. The molecule has 7 nitrogen and oxygen atoms in total. The second-order valence-corrected chi connectivity index (χ2v) is 6.75. The van der Waals surface area contributed by atoms with Crippen molar-refractivity contribution in [2.75, 3.05) is 13.1 Å². The SMILES string of the molecule is CCCCC(CN)NC(=O)CCNS(=O)(=O)c1cccnc1.Cl.Cl. The summed E-state index contributed by atoms with van der Waals surface area (Å²) >= 11 is 0. The Kier molecular flexibility index (Phi) is 14.1. The molecule has 0 aliphatic carbocycles. The predicted molar refractivity (Wildman–Crippen MR) is 99.0 cm³/mol. The monoisotopic (exact) mass is 400 g/mol. The van der Waals surface area contributed by atoms with E-state index in [1.807, 2.05) is 0 Å². The summed E-state index contributed by atoms with van der Waals surface area (Å²) in [6, 6.07) is 2.94. The third kappa shape index (κ3) is 9.39. The van der Waals surface area contributed by atoms with Crippen molar-refractivity contribution in [1.29, 1.82) is 0 Å². The Morgan fingerprint density at radius 3 is 2.62 bits per heavy atom. The number of pyridine rings is 1. The minimum atomic E-state index is -3.62. The number of nitrogens with one attached hydrogen (secondary N) is 2. The highest BCUT2D eigenvalue weighted by Gasteiger charge is 2.15. The molecular weight excluding hydrogens is 375 g/mol. The molecule has 0 radical (unpaired) electrons. The van der Waals surface area contributed by atoms with E-state index in [2.05, 4.69) is 21.9 Å². The number of hydrogen-bond donors (Lipinski definition) is 3. The van der Waals surface area contributed by atoms with E-state index in [1.165, 1.54) is 18.5 Å². The van der Waals surface area contributed by atoms with Gasteiger partial charge in [0.1, 0.15) is 4.90 Å². The van der Waals surface area contributed by atoms with Crippen molar-refractivity contribution >= 4 is 40.7 Å². The van der Waals surface area contributed by atoms with Crippen molar-refractivity contribution in [3.8, 4) is 0 Å². The molecule has 1 rings (SSSR count). The van der Waals surface area contributed by atoms with Gasteiger partial charge < -0.3 is 11.1 Å². The maximum Gasteiger partial charge on any atom is 0.242 e. The molecule has 0 fully saturated rings. The summed E-state index contributed by atoms with van der Waals surface area (Å²) in [7, 11) is -3.62. The van der Waals surface area contributed by atoms with Crippen LogP contribution in [0.5, 0.6) is 0 Å². The smallest absolute Gasteiger partial charge is 0.242 e. The molecule has 0 bridgehead atoms. The molecule has 1 heterocycles. The first-order chi connectivity index (χ1) is 10.5. The highest BCUT2D eigenvalue weighted by atomic mass is 35.5. The van der Waals surface area contributed by atoms with Gasteiger partial charge in [-0.25, -0.2) is 13.1 Å². The zero-order valence-corrected chi connectivity index (χ0v) is 16.1. The number of carbonyl (C=O) groups is 1. The number of carbonyl (C=O) groups excluding carboxylic acids is 1. The Hall–Kier alpha value is -0.930. The Balaban J connectivity index is 0. The number of sulfonamides is 1. The summed E-state index contributed by atoms with van der Waals surface area (Å²) in [5.41, 5.74) is 5.60. The first-order valence-corrected chi connectivity index (χ1v) is 8.87. The molecule has 4 N–H and O–H groups in total. The Bertz CT molecular complexity index is 558. The molecule has 0 aromatic carbocycles. The van der Waals surface area contributed by atoms with Crippen LogP contribution < -0.4 is 15.8 Å². The summed E-state index contributed by atoms with van der Waals surface area (Å²) in [5.74, 6) is -0.208. The van der Waals surface area contributed by atoms with Crippen LogP contribution in [0, 0.1) is 0 Å². The number of rotatable bonds is 10. The lowest BCUT2D eigenvalue weighted by atomic mass is 10.1. The zero-order chi connectivity index (χ0) is 16.4. The first-order valence-electron chi connectivity index (χ1n) is 7.38. The molecule has 1 aromatic rings. The van der Waals surface area contributed by atoms with Crippen LogP contribution >= 0.6 is 24.8 Å². The first kappa shape index (κ1) is 25.3. The van der Waals surface area contributed by atoms with Crippen LogP contribution in [-0.2, 0) is 14.8 Å². The van der Waals surface area contributed by atoms with Gasteiger partial charge in [0.2, 0.25) is 15.9 Å². The van der Waals surface area contributed by atoms with Crippen LogP contribution in [0.3, 0.4) is 0 Å². The maximum atomic E-state index is 11.9. The fourth-order valence-corrected chi connectivity index (χ4v) is 2.88. The summed E-state index contributed by atoms with van der Waals surface area (Å²) < 4.78 is 26.2. The number of halogens is 2. The Morgan fingerprint density at radius 2 is 2.08 bits per heavy atom. The van der Waals surface area contributed by atoms with E-state index < -0.39 is 10.0 Å². The van der Waals surface area contributed by atoms with Crippen molar-refractivity contribution in [1.82, 2.24) is 15.0 Å². The van der Waals surface area contributed by atoms with E-state index in [9.17, 15) is 13.2 Å². The van der Waals surface area contributed by atoms with Gasteiger partial charge >= 0.3 is 0 Å². The van der Waals surface area contributed by atoms with Gasteiger partial charge in [0.25, 0.3) is 0 Å². The van der Waals surface area contributed by atoms with E-state index in [0.717, 1.165) is 19.3 Å². The molecule has 140 valence electrons. The van der Waals surface area contributed by atoms with Crippen LogP contribution in [0.25, 0.3) is 0 Å². The lowest BCUT2D eigenvalue weighted by molar-refractivity contribution is -0.121. The van der Waals surface area contributed by atoms with Crippen LogP contribution in [0.15, 0.2) is 29.4 Å². The Morgan fingerprint density at radius 1 is 1.38 bits per heavy atom. The lowest BCUT2D eigenvalue weighted by Crippen LogP contribution is -2.41. The second kappa shape index (κ2) is 13.4. The van der Waals surface area contributed by atoms with Crippen LogP contribution in [0.2, 0.25) is 0 Å². The molecule has 1 aromatic heterocycles. The number of nitrogens with two attached hydrogens (primary N) is 1. The topological polar surface area (TPSA) is 114 Å². The number of hydrogen-bond acceptors (Lipinski definition) is 5. The quantitative estimate of drug-likeness (QED) is 0.546. The third-order valence-corrected chi connectivity index (χ3v) is 4.59. The maximum absolute atomic E-state index is 11.9. The summed E-state index contributed by atoms with van der Waals surface area (Å²) in [5, 5.41) is 2.82. The van der Waals surface area contributed by atoms with Crippen molar-refractivity contribution in [3.05, 3.63) is 24.5 Å². The Labute approximate surface area is 156 Å². The number of unbranched alkanes of at least 4 members (excludes halogenated alkanes) is 1.